The number of hydrogen-bond acceptors (Lipinski definition) is 0. The van der Waals surface area contributed by atoms with Gasteiger partial charge in [0, 0.05) is 0 Å². The van der Waals surface area contributed by atoms with Gasteiger partial charge < -0.3 is 0 Å². The first-order chi connectivity index (χ1) is 10.9. The molecule has 0 radical (unpaired) electrons. The van der Waals surface area contributed by atoms with Crippen LogP contribution >= 0.6 is 0 Å². The van der Waals surface area contributed by atoms with Gasteiger partial charge in [0.25, 0.3) is 0 Å². The van der Waals surface area contributed by atoms with E-state index in [0.29, 0.717) is 11.1 Å². The van der Waals surface area contributed by atoms with Crippen LogP contribution in [0.1, 0.15) is 30.8 Å². The Kier molecular flexibility index (Phi) is 2.10. The smallest absolute Gasteiger partial charge is 0.0616 e. The zero-order valence-electron chi connectivity index (χ0n) is 15.1. The lowest BCUT2D eigenvalue weighted by molar-refractivity contribution is 0.867. The second-order valence-electron chi connectivity index (χ2n) is 5.01. The van der Waals surface area contributed by atoms with E-state index in [0.717, 1.165) is 16.3 Å². The average Bonchev–Trinajstić information content (AvgIpc) is 2.53. The van der Waals surface area contributed by atoms with Crippen molar-refractivity contribution in [2.45, 2.75) is 19.8 Å². The van der Waals surface area contributed by atoms with E-state index >= 15 is 0 Å². The molecular weight excluding hydrogens is 228 g/mol. The van der Waals surface area contributed by atoms with E-state index in [4.69, 9.17) is 5.48 Å². The van der Waals surface area contributed by atoms with Crippen molar-refractivity contribution in [3.05, 3.63) is 72.2 Å². The summed E-state index contributed by atoms with van der Waals surface area (Å²) in [5.74, 6) is -0.0474. The summed E-state index contributed by atoms with van der Waals surface area (Å²) in [6, 6.07) is 13.8. The largest absolute Gasteiger partial charge is 0.0629 e. The molecule has 0 saturated carbocycles. The topological polar surface area (TPSA) is 0 Å². The van der Waals surface area contributed by atoms with Gasteiger partial charge in [0.15, 0.2) is 0 Å². The fourth-order valence-corrected chi connectivity index (χ4v) is 2.10. The van der Waals surface area contributed by atoms with E-state index in [1.54, 1.807) is 0 Å². The third-order valence-corrected chi connectivity index (χ3v) is 3.26. The van der Waals surface area contributed by atoms with Crippen molar-refractivity contribution in [3.8, 4) is 11.1 Å². The zero-order valence-corrected chi connectivity index (χ0v) is 11.1. The zero-order chi connectivity index (χ0) is 16.7. The van der Waals surface area contributed by atoms with Gasteiger partial charge in [-0.05, 0) is 39.4 Å². The van der Waals surface area contributed by atoms with Crippen molar-refractivity contribution < 1.29 is 5.48 Å². The van der Waals surface area contributed by atoms with E-state index < -0.39 is 0 Å². The lowest BCUT2D eigenvalue weighted by atomic mass is 9.97. The molecule has 0 heterocycles. The van der Waals surface area contributed by atoms with Crippen molar-refractivity contribution in [1.82, 2.24) is 0 Å². The fraction of sp³-hybridized carbons (Fsp3) is 0.158. The van der Waals surface area contributed by atoms with Gasteiger partial charge in [0.05, 0.1) is 5.48 Å². The highest BCUT2D eigenvalue weighted by Crippen LogP contribution is 2.26. The number of rotatable bonds is 2. The Morgan fingerprint density at radius 2 is 1.47 bits per heavy atom. The maximum absolute atomic E-state index is 8.32. The predicted octanol–water partition coefficient (Wildman–Crippen LogP) is 5.63. The van der Waals surface area contributed by atoms with Gasteiger partial charge in [0.1, 0.15) is 0 Å². The first-order valence-electron chi connectivity index (χ1n) is 8.51. The van der Waals surface area contributed by atoms with Gasteiger partial charge in [-0.1, -0.05) is 74.4 Å². The molecule has 0 atom stereocenters. The third kappa shape index (κ3) is 2.39. The van der Waals surface area contributed by atoms with Crippen molar-refractivity contribution in [2.75, 3.05) is 0 Å². The van der Waals surface area contributed by atoms with Crippen LogP contribution in [0.25, 0.3) is 21.9 Å². The number of hydrogen-bond donors (Lipinski definition) is 0. The molecule has 0 N–H and O–H groups in total. The Balaban J connectivity index is 2.30. The van der Waals surface area contributed by atoms with Crippen molar-refractivity contribution in [3.63, 3.8) is 0 Å². The molecule has 19 heavy (non-hydrogen) atoms. The van der Waals surface area contributed by atoms with Crippen molar-refractivity contribution in [1.29, 1.82) is 0 Å². The second-order valence-corrected chi connectivity index (χ2v) is 5.01. The number of benzene rings is 3. The van der Waals surface area contributed by atoms with Crippen molar-refractivity contribution in [2.24, 2.45) is 0 Å². The van der Waals surface area contributed by atoms with Gasteiger partial charge in [-0.25, -0.2) is 0 Å². The van der Waals surface area contributed by atoms with Crippen LogP contribution in [0, 0.1) is 0 Å². The molecule has 0 heteroatoms. The molecule has 0 aliphatic carbocycles. The molecule has 3 aromatic rings. The molecule has 0 amide bonds. The minimum absolute atomic E-state index is 0.0324. The van der Waals surface area contributed by atoms with Crippen LogP contribution in [0.3, 0.4) is 0 Å². The van der Waals surface area contributed by atoms with Crippen LogP contribution in [-0.4, -0.2) is 0 Å². The summed E-state index contributed by atoms with van der Waals surface area (Å²) in [5.41, 5.74) is 1.57. The SMILES string of the molecule is [2H]c1c([2H])c(C(C)C)c([2H])c([2H])c1-c1ccc2ccccc2c1. The van der Waals surface area contributed by atoms with Crippen LogP contribution in [0.5, 0.6) is 0 Å². The molecule has 3 aromatic carbocycles. The molecule has 0 saturated heterocycles. The Morgan fingerprint density at radius 1 is 0.789 bits per heavy atom. The highest BCUT2D eigenvalue weighted by Gasteiger charge is 2.02. The minimum atomic E-state index is -0.0474. The van der Waals surface area contributed by atoms with E-state index in [9.17, 15) is 0 Å². The van der Waals surface area contributed by atoms with Crippen LogP contribution < -0.4 is 0 Å². The first-order valence-corrected chi connectivity index (χ1v) is 6.51. The van der Waals surface area contributed by atoms with E-state index in [1.165, 1.54) is 0 Å². The van der Waals surface area contributed by atoms with E-state index in [2.05, 4.69) is 0 Å². The molecule has 0 spiro atoms. The standard InChI is InChI=1S/C19H18/c1-14(2)15-7-9-17(10-8-15)19-12-11-16-5-3-4-6-18(16)13-19/h3-14H,1-2H3/i7D,8D,9D,10D. The maximum Gasteiger partial charge on any atom is 0.0629 e. The van der Waals surface area contributed by atoms with Crippen LogP contribution in [0.4, 0.5) is 0 Å². The normalized spacial score (nSPS) is 14.1. The van der Waals surface area contributed by atoms with Crippen LogP contribution in [-0.2, 0) is 0 Å². The molecule has 0 fully saturated rings. The Hall–Kier alpha value is -2.08. The van der Waals surface area contributed by atoms with E-state index in [-0.39, 0.29) is 30.1 Å². The van der Waals surface area contributed by atoms with Crippen LogP contribution in [0.15, 0.2) is 66.6 Å². The van der Waals surface area contributed by atoms with Crippen molar-refractivity contribution >= 4 is 10.8 Å². The van der Waals surface area contributed by atoms with Gasteiger partial charge >= 0.3 is 0 Å². The molecule has 0 aliphatic heterocycles. The van der Waals surface area contributed by atoms with Gasteiger partial charge in [-0.2, -0.15) is 0 Å². The summed E-state index contributed by atoms with van der Waals surface area (Å²) >= 11 is 0. The van der Waals surface area contributed by atoms with Gasteiger partial charge in [0.2, 0.25) is 0 Å². The molecular formula is C19H18. The molecule has 0 aromatic heterocycles. The molecule has 0 aliphatic rings. The fourth-order valence-electron chi connectivity index (χ4n) is 2.10. The quantitative estimate of drug-likeness (QED) is 0.553. The average molecular weight is 250 g/mol. The molecule has 3 rings (SSSR count). The Morgan fingerprint density at radius 3 is 2.16 bits per heavy atom. The molecule has 0 bridgehead atoms. The summed E-state index contributed by atoms with van der Waals surface area (Å²) in [6.45, 7) is 3.78. The minimum Gasteiger partial charge on any atom is -0.0616 e. The lowest BCUT2D eigenvalue weighted by Gasteiger charge is -2.08. The highest BCUT2D eigenvalue weighted by molar-refractivity contribution is 5.87. The first kappa shape index (κ1) is 8.16. The predicted molar refractivity (Wildman–Crippen MR) is 83.5 cm³/mol. The summed E-state index contributed by atoms with van der Waals surface area (Å²) in [6.07, 6.45) is 0. The second kappa shape index (κ2) is 4.89. The summed E-state index contributed by atoms with van der Waals surface area (Å²) < 4.78 is 33.1. The van der Waals surface area contributed by atoms with Crippen LogP contribution in [0.2, 0.25) is 0 Å². The monoisotopic (exact) mass is 250 g/mol. The summed E-state index contributed by atoms with van der Waals surface area (Å²) in [7, 11) is 0. The third-order valence-electron chi connectivity index (χ3n) is 3.26. The molecule has 94 valence electrons. The maximum atomic E-state index is 8.32. The highest BCUT2D eigenvalue weighted by atomic mass is 14.1. The molecule has 0 nitrogen and oxygen atoms in total. The van der Waals surface area contributed by atoms with E-state index in [1.807, 2.05) is 56.3 Å². The van der Waals surface area contributed by atoms with Gasteiger partial charge in [-0.15, -0.1) is 0 Å². The van der Waals surface area contributed by atoms with Gasteiger partial charge in [-0.3, -0.25) is 0 Å². The summed E-state index contributed by atoms with van der Waals surface area (Å²) in [5, 5.41) is 2.11. The summed E-state index contributed by atoms with van der Waals surface area (Å²) in [4.78, 5) is 0. The lowest BCUT2D eigenvalue weighted by Crippen LogP contribution is -1.86. The molecule has 0 unspecified atom stereocenters. The Bertz CT molecular complexity index is 868. The Labute approximate surface area is 120 Å². The number of fused-ring (bicyclic) bond motifs is 1.